The van der Waals surface area contributed by atoms with Gasteiger partial charge in [0.1, 0.15) is 0 Å². The van der Waals surface area contributed by atoms with Crippen molar-refractivity contribution in [2.45, 2.75) is 51.5 Å². The standard InChI is InChI=1S/C18H27N5O/c1-2-15(16-14-23-13-7-9-19-18(23)21-16)20-17(24)8-6-12-22-10-4-3-5-11-22/h7,9,13-15H,2-6,8,10-12H2,1H3,(H,20,24)/t15-/m0/s1. The molecule has 1 aliphatic rings. The summed E-state index contributed by atoms with van der Waals surface area (Å²) in [4.78, 5) is 23.5. The van der Waals surface area contributed by atoms with Gasteiger partial charge in [-0.15, -0.1) is 0 Å². The maximum atomic E-state index is 12.3. The number of carbonyl (C=O) groups is 1. The first-order chi connectivity index (χ1) is 11.8. The Balaban J connectivity index is 1.49. The van der Waals surface area contributed by atoms with Gasteiger partial charge in [-0.2, -0.15) is 0 Å². The van der Waals surface area contributed by atoms with Crippen LogP contribution in [0.1, 0.15) is 57.2 Å². The smallest absolute Gasteiger partial charge is 0.233 e. The van der Waals surface area contributed by atoms with E-state index in [1.807, 2.05) is 22.9 Å². The molecule has 0 radical (unpaired) electrons. The number of aromatic nitrogens is 3. The van der Waals surface area contributed by atoms with Gasteiger partial charge in [-0.3, -0.25) is 9.20 Å². The predicted molar refractivity (Wildman–Crippen MR) is 93.7 cm³/mol. The molecule has 1 amide bonds. The van der Waals surface area contributed by atoms with Gasteiger partial charge < -0.3 is 10.2 Å². The minimum Gasteiger partial charge on any atom is -0.348 e. The molecule has 2 aromatic rings. The summed E-state index contributed by atoms with van der Waals surface area (Å²) in [6, 6.07) is 1.83. The van der Waals surface area contributed by atoms with Crippen LogP contribution in [0.15, 0.2) is 24.7 Å². The number of amides is 1. The van der Waals surface area contributed by atoms with Crippen LogP contribution < -0.4 is 5.32 Å². The van der Waals surface area contributed by atoms with Gasteiger partial charge in [0.25, 0.3) is 0 Å². The van der Waals surface area contributed by atoms with Crippen LogP contribution in [-0.4, -0.2) is 44.8 Å². The lowest BCUT2D eigenvalue weighted by atomic mass is 10.1. The summed E-state index contributed by atoms with van der Waals surface area (Å²) in [5, 5.41) is 3.12. The molecular weight excluding hydrogens is 302 g/mol. The van der Waals surface area contributed by atoms with Crippen molar-refractivity contribution >= 4 is 11.7 Å². The van der Waals surface area contributed by atoms with E-state index in [0.717, 1.165) is 25.1 Å². The second-order valence-electron chi connectivity index (χ2n) is 6.53. The first kappa shape index (κ1) is 16.9. The highest BCUT2D eigenvalue weighted by Crippen LogP contribution is 2.16. The Morgan fingerprint density at radius 1 is 1.33 bits per heavy atom. The largest absolute Gasteiger partial charge is 0.348 e. The zero-order valence-electron chi connectivity index (χ0n) is 14.4. The minimum atomic E-state index is -0.0470. The molecule has 0 saturated carbocycles. The summed E-state index contributed by atoms with van der Waals surface area (Å²) in [5.74, 6) is 0.786. The third-order valence-corrected chi connectivity index (χ3v) is 4.68. The zero-order valence-corrected chi connectivity index (χ0v) is 14.4. The number of nitrogens with one attached hydrogen (secondary N) is 1. The molecule has 3 rings (SSSR count). The van der Waals surface area contributed by atoms with E-state index in [4.69, 9.17) is 0 Å². The van der Waals surface area contributed by atoms with E-state index >= 15 is 0 Å². The fourth-order valence-corrected chi connectivity index (χ4v) is 3.31. The van der Waals surface area contributed by atoms with Gasteiger partial charge in [0.05, 0.1) is 11.7 Å². The molecule has 1 aliphatic heterocycles. The molecule has 2 aromatic heterocycles. The fraction of sp³-hybridized carbons (Fsp3) is 0.611. The fourth-order valence-electron chi connectivity index (χ4n) is 3.31. The molecule has 3 heterocycles. The van der Waals surface area contributed by atoms with E-state index in [1.165, 1.54) is 32.4 Å². The minimum absolute atomic E-state index is 0.0470. The van der Waals surface area contributed by atoms with Crippen molar-refractivity contribution in [1.82, 2.24) is 24.6 Å². The molecule has 24 heavy (non-hydrogen) atoms. The molecule has 0 aliphatic carbocycles. The van der Waals surface area contributed by atoms with Crippen LogP contribution in [0.3, 0.4) is 0 Å². The van der Waals surface area contributed by atoms with Gasteiger partial charge >= 0.3 is 0 Å². The Kier molecular flexibility index (Phi) is 5.80. The maximum Gasteiger partial charge on any atom is 0.233 e. The van der Waals surface area contributed by atoms with E-state index in [-0.39, 0.29) is 11.9 Å². The Morgan fingerprint density at radius 2 is 2.17 bits per heavy atom. The summed E-state index contributed by atoms with van der Waals surface area (Å²) >= 11 is 0. The van der Waals surface area contributed by atoms with Crippen molar-refractivity contribution in [2.75, 3.05) is 19.6 Å². The van der Waals surface area contributed by atoms with Gasteiger partial charge in [-0.05, 0) is 51.4 Å². The second kappa shape index (κ2) is 8.24. The molecule has 1 saturated heterocycles. The van der Waals surface area contributed by atoms with E-state index in [9.17, 15) is 4.79 Å². The first-order valence-corrected chi connectivity index (χ1v) is 9.07. The molecular formula is C18H27N5O. The molecule has 6 heteroatoms. The van der Waals surface area contributed by atoms with Crippen LogP contribution >= 0.6 is 0 Å². The van der Waals surface area contributed by atoms with Gasteiger partial charge in [0.15, 0.2) is 0 Å². The van der Waals surface area contributed by atoms with Crippen molar-refractivity contribution in [3.8, 4) is 0 Å². The molecule has 6 nitrogen and oxygen atoms in total. The topological polar surface area (TPSA) is 62.5 Å². The van der Waals surface area contributed by atoms with Crippen LogP contribution in [0.25, 0.3) is 5.78 Å². The number of hydrogen-bond donors (Lipinski definition) is 1. The number of imidazole rings is 1. The highest BCUT2D eigenvalue weighted by Gasteiger charge is 2.17. The van der Waals surface area contributed by atoms with E-state index in [0.29, 0.717) is 12.2 Å². The number of carbonyl (C=O) groups excluding carboxylic acids is 1. The van der Waals surface area contributed by atoms with Gasteiger partial charge in [-0.1, -0.05) is 13.3 Å². The molecule has 1 fully saturated rings. The SMILES string of the molecule is CC[C@H](NC(=O)CCCN1CCCCC1)c1cn2cccnc2n1. The second-order valence-corrected chi connectivity index (χ2v) is 6.53. The number of nitrogens with zero attached hydrogens (tertiary/aromatic N) is 4. The zero-order chi connectivity index (χ0) is 16.8. The number of piperidine rings is 1. The van der Waals surface area contributed by atoms with Crippen molar-refractivity contribution < 1.29 is 4.79 Å². The summed E-state index contributed by atoms with van der Waals surface area (Å²) in [5.41, 5.74) is 0.876. The summed E-state index contributed by atoms with van der Waals surface area (Å²) in [7, 11) is 0. The van der Waals surface area contributed by atoms with Crippen LogP contribution in [0.2, 0.25) is 0 Å². The molecule has 0 aromatic carbocycles. The van der Waals surface area contributed by atoms with Crippen molar-refractivity contribution in [3.05, 3.63) is 30.4 Å². The van der Waals surface area contributed by atoms with Crippen LogP contribution in [-0.2, 0) is 4.79 Å². The van der Waals surface area contributed by atoms with Crippen LogP contribution in [0.5, 0.6) is 0 Å². The monoisotopic (exact) mass is 329 g/mol. The predicted octanol–water partition coefficient (Wildman–Crippen LogP) is 2.56. The molecule has 130 valence electrons. The molecule has 1 atom stereocenters. The lowest BCUT2D eigenvalue weighted by Gasteiger charge is -2.26. The average Bonchev–Trinajstić information content (AvgIpc) is 3.04. The molecule has 0 unspecified atom stereocenters. The highest BCUT2D eigenvalue weighted by molar-refractivity contribution is 5.76. The molecule has 0 spiro atoms. The first-order valence-electron chi connectivity index (χ1n) is 9.07. The Labute approximate surface area is 143 Å². The Hall–Kier alpha value is -1.95. The van der Waals surface area contributed by atoms with E-state index in [1.54, 1.807) is 6.20 Å². The van der Waals surface area contributed by atoms with E-state index < -0.39 is 0 Å². The van der Waals surface area contributed by atoms with Crippen molar-refractivity contribution in [1.29, 1.82) is 0 Å². The van der Waals surface area contributed by atoms with Gasteiger partial charge in [0.2, 0.25) is 11.7 Å². The average molecular weight is 329 g/mol. The third kappa shape index (κ3) is 4.32. The van der Waals surface area contributed by atoms with Crippen molar-refractivity contribution in [2.24, 2.45) is 0 Å². The van der Waals surface area contributed by atoms with Crippen LogP contribution in [0, 0.1) is 0 Å². The number of rotatable bonds is 7. The van der Waals surface area contributed by atoms with E-state index in [2.05, 4.69) is 27.1 Å². The lowest BCUT2D eigenvalue weighted by Crippen LogP contribution is -2.32. The molecule has 1 N–H and O–H groups in total. The normalized spacial score (nSPS) is 17.0. The van der Waals surface area contributed by atoms with Gasteiger partial charge in [0, 0.05) is 25.0 Å². The Morgan fingerprint density at radius 3 is 2.92 bits per heavy atom. The molecule has 0 bridgehead atoms. The summed E-state index contributed by atoms with van der Waals surface area (Å²) in [6.45, 7) is 5.47. The summed E-state index contributed by atoms with van der Waals surface area (Å²) < 4.78 is 1.89. The van der Waals surface area contributed by atoms with Crippen molar-refractivity contribution in [3.63, 3.8) is 0 Å². The lowest BCUT2D eigenvalue weighted by molar-refractivity contribution is -0.122. The number of likely N-dealkylation sites (tertiary alicyclic amines) is 1. The summed E-state index contributed by atoms with van der Waals surface area (Å²) in [6.07, 6.45) is 11.9. The Bertz CT molecular complexity index is 629. The number of hydrogen-bond acceptors (Lipinski definition) is 4. The maximum absolute atomic E-state index is 12.3. The van der Waals surface area contributed by atoms with Crippen LogP contribution in [0.4, 0.5) is 0 Å². The quantitative estimate of drug-likeness (QED) is 0.848. The highest BCUT2D eigenvalue weighted by atomic mass is 16.1. The van der Waals surface area contributed by atoms with Gasteiger partial charge in [-0.25, -0.2) is 9.97 Å². The third-order valence-electron chi connectivity index (χ3n) is 4.68. The number of fused-ring (bicyclic) bond motifs is 1.